The van der Waals surface area contributed by atoms with Gasteiger partial charge in [-0.1, -0.05) is 83.7 Å². The molecule has 0 N–H and O–H groups in total. The van der Waals surface area contributed by atoms with E-state index in [1.54, 1.807) is 12.1 Å². The maximum Gasteiger partial charge on any atom is 0.170 e. The van der Waals surface area contributed by atoms with Crippen molar-refractivity contribution in [2.75, 3.05) is 33.0 Å². The summed E-state index contributed by atoms with van der Waals surface area (Å²) in [6.07, 6.45) is 5.72. The highest BCUT2D eigenvalue weighted by Gasteiger charge is 2.47. The van der Waals surface area contributed by atoms with Gasteiger partial charge in [0.05, 0.1) is 6.61 Å². The Labute approximate surface area is 212 Å². The number of rotatable bonds is 18. The summed E-state index contributed by atoms with van der Waals surface area (Å²) in [5.74, 6) is -0.227. The molecule has 2 rings (SSSR count). The van der Waals surface area contributed by atoms with E-state index >= 15 is 4.39 Å². The predicted molar refractivity (Wildman–Crippen MR) is 139 cm³/mol. The average Bonchev–Trinajstić information content (AvgIpc) is 2.88. The SMILES string of the molecule is CCCCOC[C@H]1OC(=C(F)c2ccccc2)[C@H](OCCCC)[C@@H](OCCCC)C1OCCCC. The normalized spacial score (nSPS) is 23.8. The van der Waals surface area contributed by atoms with Gasteiger partial charge in [-0.05, 0) is 25.7 Å². The summed E-state index contributed by atoms with van der Waals surface area (Å²) >= 11 is 0. The molecule has 6 heteroatoms. The van der Waals surface area contributed by atoms with E-state index in [9.17, 15) is 0 Å². The highest BCUT2D eigenvalue weighted by molar-refractivity contribution is 5.62. The van der Waals surface area contributed by atoms with Crippen LogP contribution in [0.3, 0.4) is 0 Å². The van der Waals surface area contributed by atoms with Crippen molar-refractivity contribution in [3.8, 4) is 0 Å². The van der Waals surface area contributed by atoms with Crippen LogP contribution in [0.15, 0.2) is 36.1 Å². The number of hydrogen-bond acceptors (Lipinski definition) is 5. The Hall–Kier alpha value is -1.47. The van der Waals surface area contributed by atoms with E-state index in [2.05, 4.69) is 27.7 Å². The van der Waals surface area contributed by atoms with Crippen LogP contribution in [0.1, 0.15) is 84.6 Å². The molecule has 5 nitrogen and oxygen atoms in total. The molecular weight excluding hydrogens is 447 g/mol. The molecule has 200 valence electrons. The molecule has 1 aliphatic heterocycles. The first kappa shape index (κ1) is 29.8. The fraction of sp³-hybridized carbons (Fsp3) is 0.724. The van der Waals surface area contributed by atoms with Crippen LogP contribution in [0, 0.1) is 0 Å². The van der Waals surface area contributed by atoms with E-state index in [1.165, 1.54) is 0 Å². The van der Waals surface area contributed by atoms with Crippen LogP contribution >= 0.6 is 0 Å². The second kappa shape index (κ2) is 17.9. The second-order valence-electron chi connectivity index (χ2n) is 9.15. The lowest BCUT2D eigenvalue weighted by atomic mass is 9.95. The molecule has 0 bridgehead atoms. The molecule has 0 radical (unpaired) electrons. The maximum absolute atomic E-state index is 15.9. The van der Waals surface area contributed by atoms with Crippen LogP contribution in [0.2, 0.25) is 0 Å². The zero-order valence-electron chi connectivity index (χ0n) is 22.3. The van der Waals surface area contributed by atoms with E-state index in [0.717, 1.165) is 51.4 Å². The van der Waals surface area contributed by atoms with E-state index in [4.69, 9.17) is 23.7 Å². The third kappa shape index (κ3) is 9.83. The van der Waals surface area contributed by atoms with Crippen molar-refractivity contribution in [1.29, 1.82) is 0 Å². The predicted octanol–water partition coefficient (Wildman–Crippen LogP) is 7.10. The summed E-state index contributed by atoms with van der Waals surface area (Å²) < 4.78 is 47.3. The van der Waals surface area contributed by atoms with Gasteiger partial charge in [0, 0.05) is 32.0 Å². The lowest BCUT2D eigenvalue weighted by Gasteiger charge is -2.43. The maximum atomic E-state index is 15.9. The van der Waals surface area contributed by atoms with Crippen LogP contribution in [-0.2, 0) is 23.7 Å². The number of ether oxygens (including phenoxy) is 5. The fourth-order valence-corrected chi connectivity index (χ4v) is 3.95. The van der Waals surface area contributed by atoms with Crippen molar-refractivity contribution in [3.05, 3.63) is 41.7 Å². The van der Waals surface area contributed by atoms with E-state index in [1.807, 2.05) is 18.2 Å². The minimum absolute atomic E-state index is 0.188. The lowest BCUT2D eigenvalue weighted by molar-refractivity contribution is -0.215. The molecule has 1 saturated heterocycles. The third-order valence-corrected chi connectivity index (χ3v) is 6.10. The molecule has 35 heavy (non-hydrogen) atoms. The highest BCUT2D eigenvalue weighted by atomic mass is 19.1. The van der Waals surface area contributed by atoms with Gasteiger partial charge in [-0.15, -0.1) is 0 Å². The first-order valence-electron chi connectivity index (χ1n) is 13.7. The van der Waals surface area contributed by atoms with E-state index in [-0.39, 0.29) is 5.76 Å². The number of halogens is 1. The number of hydrogen-bond donors (Lipinski definition) is 0. The van der Waals surface area contributed by atoms with Crippen molar-refractivity contribution in [3.63, 3.8) is 0 Å². The van der Waals surface area contributed by atoms with Crippen molar-refractivity contribution < 1.29 is 28.1 Å². The lowest BCUT2D eigenvalue weighted by Crippen LogP contribution is -2.57. The standard InChI is InChI=1S/C29H47FO5/c1-5-9-18-31-22-24-26(32-19-10-6-2)28(33-20-11-7-3)29(34-21-12-8-4)27(35-24)25(30)23-16-14-13-15-17-23/h13-17,24,26,28-29H,5-12,18-22H2,1-4H3/t24-,26?,28+,29+/m1/s1. The molecule has 0 aromatic heterocycles. The Morgan fingerprint density at radius 1 is 0.743 bits per heavy atom. The minimum atomic E-state index is -0.683. The van der Waals surface area contributed by atoms with Crippen molar-refractivity contribution >= 4 is 5.83 Å². The quantitative estimate of drug-likeness (QED) is 0.204. The molecule has 1 unspecified atom stereocenters. The van der Waals surface area contributed by atoms with Crippen LogP contribution in [0.25, 0.3) is 5.83 Å². The number of benzene rings is 1. The molecule has 1 aromatic carbocycles. The first-order chi connectivity index (χ1) is 17.2. The fourth-order valence-electron chi connectivity index (χ4n) is 3.95. The molecule has 1 heterocycles. The largest absolute Gasteiger partial charge is 0.484 e. The minimum Gasteiger partial charge on any atom is -0.484 e. The average molecular weight is 495 g/mol. The van der Waals surface area contributed by atoms with Gasteiger partial charge < -0.3 is 23.7 Å². The smallest absolute Gasteiger partial charge is 0.170 e. The van der Waals surface area contributed by atoms with Crippen LogP contribution in [0.4, 0.5) is 4.39 Å². The summed E-state index contributed by atoms with van der Waals surface area (Å²) in [6, 6.07) is 9.01. The van der Waals surface area contributed by atoms with Crippen LogP contribution in [0.5, 0.6) is 0 Å². The van der Waals surface area contributed by atoms with Crippen LogP contribution < -0.4 is 0 Å². The summed E-state index contributed by atoms with van der Waals surface area (Å²) in [7, 11) is 0. The molecule has 0 aliphatic carbocycles. The monoisotopic (exact) mass is 494 g/mol. The summed E-state index contributed by atoms with van der Waals surface area (Å²) in [4.78, 5) is 0. The van der Waals surface area contributed by atoms with Gasteiger partial charge in [0.15, 0.2) is 17.7 Å². The summed E-state index contributed by atoms with van der Waals surface area (Å²) in [6.45, 7) is 11.1. The van der Waals surface area contributed by atoms with E-state index < -0.39 is 30.2 Å². The molecule has 4 atom stereocenters. The highest BCUT2D eigenvalue weighted by Crippen LogP contribution is 2.36. The van der Waals surface area contributed by atoms with Gasteiger partial charge in [-0.25, -0.2) is 4.39 Å². The second-order valence-corrected chi connectivity index (χ2v) is 9.15. The van der Waals surface area contributed by atoms with Crippen molar-refractivity contribution in [2.24, 2.45) is 0 Å². The summed E-state index contributed by atoms with van der Waals surface area (Å²) in [5.41, 5.74) is 0.468. The van der Waals surface area contributed by atoms with Gasteiger partial charge in [0.25, 0.3) is 0 Å². The molecule has 0 saturated carbocycles. The van der Waals surface area contributed by atoms with Gasteiger partial charge in [-0.3, -0.25) is 0 Å². The topological polar surface area (TPSA) is 46.2 Å². The number of unbranched alkanes of at least 4 members (excludes halogenated alkanes) is 4. The Bertz CT molecular complexity index is 696. The van der Waals surface area contributed by atoms with Crippen LogP contribution in [-0.4, -0.2) is 57.5 Å². The van der Waals surface area contributed by atoms with Gasteiger partial charge in [0.1, 0.15) is 18.3 Å². The molecule has 0 amide bonds. The molecule has 0 spiro atoms. The third-order valence-electron chi connectivity index (χ3n) is 6.10. The Morgan fingerprint density at radius 3 is 1.89 bits per heavy atom. The van der Waals surface area contributed by atoms with E-state index in [0.29, 0.717) is 38.6 Å². The van der Waals surface area contributed by atoms with Gasteiger partial charge in [-0.2, -0.15) is 0 Å². The first-order valence-corrected chi connectivity index (χ1v) is 13.7. The molecule has 1 aliphatic rings. The van der Waals surface area contributed by atoms with Gasteiger partial charge >= 0.3 is 0 Å². The Kier molecular flexibility index (Phi) is 15.2. The van der Waals surface area contributed by atoms with Gasteiger partial charge in [0.2, 0.25) is 0 Å². The summed E-state index contributed by atoms with van der Waals surface area (Å²) in [5, 5.41) is 0. The Morgan fingerprint density at radius 2 is 1.29 bits per heavy atom. The molecule has 1 fully saturated rings. The molecule has 1 aromatic rings. The van der Waals surface area contributed by atoms with Crippen molar-refractivity contribution in [1.82, 2.24) is 0 Å². The zero-order chi connectivity index (χ0) is 25.3. The van der Waals surface area contributed by atoms with Crippen molar-refractivity contribution in [2.45, 2.75) is 103 Å². The molecular formula is C29H47FO5. The zero-order valence-corrected chi connectivity index (χ0v) is 22.3. The Balaban J connectivity index is 2.43.